The first-order valence-electron chi connectivity index (χ1n) is 4.30. The van der Waals surface area contributed by atoms with Crippen molar-refractivity contribution in [3.8, 4) is 6.19 Å². The zero-order chi connectivity index (χ0) is 10.4. The van der Waals surface area contributed by atoms with Crippen LogP contribution >= 0.6 is 11.8 Å². The van der Waals surface area contributed by atoms with Gasteiger partial charge in [-0.25, -0.2) is 0 Å². The van der Waals surface area contributed by atoms with Crippen LogP contribution in [0.15, 0.2) is 4.99 Å². The number of thioether (sulfide) groups is 1. The number of amides is 1. The number of hydrogen-bond acceptors (Lipinski definition) is 4. The van der Waals surface area contributed by atoms with E-state index in [0.717, 1.165) is 13.0 Å². The Morgan fingerprint density at radius 1 is 1.79 bits per heavy atom. The van der Waals surface area contributed by atoms with Crippen LogP contribution in [0.25, 0.3) is 0 Å². The lowest BCUT2D eigenvalue weighted by molar-refractivity contribution is -0.120. The highest BCUT2D eigenvalue weighted by Crippen LogP contribution is 2.07. The molecule has 0 atom stereocenters. The minimum absolute atomic E-state index is 0.0119. The fourth-order valence-electron chi connectivity index (χ4n) is 1.26. The molecule has 0 aromatic heterocycles. The monoisotopic (exact) mass is 212 g/mol. The molecule has 0 aromatic carbocycles. The molecule has 1 saturated heterocycles. The van der Waals surface area contributed by atoms with Gasteiger partial charge in [0.05, 0.1) is 6.54 Å². The molecule has 1 fully saturated rings. The highest BCUT2D eigenvalue weighted by Gasteiger charge is 2.17. The lowest BCUT2D eigenvalue weighted by atomic mass is 10.4. The van der Waals surface area contributed by atoms with Crippen LogP contribution in [0.5, 0.6) is 0 Å². The van der Waals surface area contributed by atoms with Crippen LogP contribution in [0.4, 0.5) is 0 Å². The van der Waals surface area contributed by atoms with Crippen LogP contribution in [0, 0.1) is 11.5 Å². The molecular weight excluding hydrogens is 200 g/mol. The van der Waals surface area contributed by atoms with Gasteiger partial charge in [0.15, 0.2) is 5.17 Å². The molecule has 0 unspecified atom stereocenters. The summed E-state index contributed by atoms with van der Waals surface area (Å²) in [5, 5.41) is 11.8. The van der Waals surface area contributed by atoms with E-state index in [9.17, 15) is 4.79 Å². The molecule has 0 aromatic rings. The number of nitriles is 1. The molecule has 1 heterocycles. The van der Waals surface area contributed by atoms with Gasteiger partial charge in [0.2, 0.25) is 12.1 Å². The van der Waals surface area contributed by atoms with E-state index >= 15 is 0 Å². The first-order chi connectivity index (χ1) is 6.77. The van der Waals surface area contributed by atoms with Crippen molar-refractivity contribution in [2.75, 3.05) is 25.9 Å². The van der Waals surface area contributed by atoms with Crippen molar-refractivity contribution >= 4 is 22.8 Å². The molecule has 14 heavy (non-hydrogen) atoms. The third-order valence-electron chi connectivity index (χ3n) is 1.86. The minimum Gasteiger partial charge on any atom is -0.354 e. The molecule has 5 nitrogen and oxygen atoms in total. The summed E-state index contributed by atoms with van der Waals surface area (Å²) in [6, 6.07) is 0. The Bertz CT molecular complexity index is 284. The standard InChI is InChI=1S/C8H12N4OS/c1-14-8(11-6-9)12-4-2-3-10-7(13)5-12/h2-5H2,1H3,(H,10,13). The first kappa shape index (κ1) is 10.9. The van der Waals surface area contributed by atoms with E-state index in [1.807, 2.05) is 11.2 Å². The molecular formula is C8H12N4OS. The summed E-state index contributed by atoms with van der Waals surface area (Å²) in [5.41, 5.74) is 0. The Balaban J connectivity index is 2.69. The van der Waals surface area contributed by atoms with E-state index in [1.54, 1.807) is 6.19 Å². The van der Waals surface area contributed by atoms with E-state index in [-0.39, 0.29) is 5.91 Å². The number of hydrogen-bond donors (Lipinski definition) is 1. The summed E-state index contributed by atoms with van der Waals surface area (Å²) in [4.78, 5) is 16.7. The second-order valence-electron chi connectivity index (χ2n) is 2.82. The Kier molecular flexibility index (Phi) is 4.26. The summed E-state index contributed by atoms with van der Waals surface area (Å²) in [5.74, 6) is -0.0119. The Hall–Kier alpha value is -1.22. The maximum Gasteiger partial charge on any atom is 0.239 e. The predicted octanol–water partition coefficient (Wildman–Crippen LogP) is 0.00838. The summed E-state index contributed by atoms with van der Waals surface area (Å²) in [7, 11) is 0. The quantitative estimate of drug-likeness (QED) is 0.349. The van der Waals surface area contributed by atoms with Gasteiger partial charge in [0.25, 0.3) is 0 Å². The molecule has 1 aliphatic rings. The molecule has 1 amide bonds. The molecule has 0 bridgehead atoms. The lowest BCUT2D eigenvalue weighted by Gasteiger charge is -2.20. The van der Waals surface area contributed by atoms with Gasteiger partial charge in [0, 0.05) is 13.1 Å². The molecule has 0 radical (unpaired) electrons. The van der Waals surface area contributed by atoms with Gasteiger partial charge in [-0.2, -0.15) is 5.26 Å². The van der Waals surface area contributed by atoms with Crippen molar-refractivity contribution in [1.29, 1.82) is 5.26 Å². The summed E-state index contributed by atoms with van der Waals surface area (Å²) in [6.07, 6.45) is 4.48. The van der Waals surface area contributed by atoms with Gasteiger partial charge in [-0.1, -0.05) is 11.8 Å². The second kappa shape index (κ2) is 5.50. The maximum atomic E-state index is 11.2. The van der Waals surface area contributed by atoms with Crippen LogP contribution in [-0.4, -0.2) is 41.9 Å². The normalized spacial score (nSPS) is 18.4. The third-order valence-corrected chi connectivity index (χ3v) is 2.57. The average Bonchev–Trinajstić information content (AvgIpc) is 2.39. The van der Waals surface area contributed by atoms with E-state index in [1.165, 1.54) is 11.8 Å². The van der Waals surface area contributed by atoms with Crippen molar-refractivity contribution in [2.24, 2.45) is 4.99 Å². The van der Waals surface area contributed by atoms with Crippen molar-refractivity contribution < 1.29 is 4.79 Å². The molecule has 0 aliphatic carbocycles. The fraction of sp³-hybridized carbons (Fsp3) is 0.625. The number of aliphatic imine (C=N–C) groups is 1. The summed E-state index contributed by atoms with van der Waals surface area (Å²) in [6.45, 7) is 1.75. The van der Waals surface area contributed by atoms with E-state index in [0.29, 0.717) is 18.3 Å². The van der Waals surface area contributed by atoms with Crippen molar-refractivity contribution in [2.45, 2.75) is 6.42 Å². The highest BCUT2D eigenvalue weighted by molar-refractivity contribution is 8.13. The molecule has 1 rings (SSSR count). The third kappa shape index (κ3) is 2.92. The zero-order valence-electron chi connectivity index (χ0n) is 7.99. The van der Waals surface area contributed by atoms with E-state index in [2.05, 4.69) is 10.3 Å². The lowest BCUT2D eigenvalue weighted by Crippen LogP contribution is -2.35. The van der Waals surface area contributed by atoms with Crippen LogP contribution in [0.2, 0.25) is 0 Å². The molecule has 0 spiro atoms. The predicted molar refractivity (Wildman–Crippen MR) is 55.8 cm³/mol. The number of rotatable bonds is 0. The second-order valence-corrected chi connectivity index (χ2v) is 3.60. The topological polar surface area (TPSA) is 68.5 Å². The van der Waals surface area contributed by atoms with Crippen molar-refractivity contribution in [3.05, 3.63) is 0 Å². The SMILES string of the molecule is CSC(=NC#N)N1CCCNC(=O)C1. The van der Waals surface area contributed by atoms with Crippen LogP contribution in [0.3, 0.4) is 0 Å². The fourth-order valence-corrected chi connectivity index (χ4v) is 1.80. The largest absolute Gasteiger partial charge is 0.354 e. The average molecular weight is 212 g/mol. The number of carbonyl (C=O) groups excluding carboxylic acids is 1. The number of nitrogens with zero attached hydrogens (tertiary/aromatic N) is 3. The number of carbonyl (C=O) groups is 1. The van der Waals surface area contributed by atoms with Gasteiger partial charge in [0.1, 0.15) is 0 Å². The smallest absolute Gasteiger partial charge is 0.239 e. The number of nitrogens with one attached hydrogen (secondary N) is 1. The van der Waals surface area contributed by atoms with Gasteiger partial charge >= 0.3 is 0 Å². The molecule has 1 N–H and O–H groups in total. The van der Waals surface area contributed by atoms with Gasteiger partial charge < -0.3 is 10.2 Å². The molecule has 0 saturated carbocycles. The van der Waals surface area contributed by atoms with Crippen molar-refractivity contribution in [1.82, 2.24) is 10.2 Å². The number of amidine groups is 1. The molecule has 1 aliphatic heterocycles. The zero-order valence-corrected chi connectivity index (χ0v) is 8.80. The summed E-state index contributed by atoms with van der Waals surface area (Å²) < 4.78 is 0. The Morgan fingerprint density at radius 2 is 2.57 bits per heavy atom. The highest BCUT2D eigenvalue weighted by atomic mass is 32.2. The summed E-state index contributed by atoms with van der Waals surface area (Å²) >= 11 is 1.39. The van der Waals surface area contributed by atoms with Gasteiger partial charge in [-0.3, -0.25) is 4.79 Å². The van der Waals surface area contributed by atoms with Crippen LogP contribution in [0.1, 0.15) is 6.42 Å². The Labute approximate surface area is 87.2 Å². The van der Waals surface area contributed by atoms with Crippen LogP contribution < -0.4 is 5.32 Å². The maximum absolute atomic E-state index is 11.2. The van der Waals surface area contributed by atoms with Gasteiger partial charge in [-0.15, -0.1) is 4.99 Å². The molecule has 6 heteroatoms. The van der Waals surface area contributed by atoms with E-state index in [4.69, 9.17) is 5.26 Å². The minimum atomic E-state index is -0.0119. The first-order valence-corrected chi connectivity index (χ1v) is 5.53. The molecule has 76 valence electrons. The van der Waals surface area contributed by atoms with Gasteiger partial charge in [-0.05, 0) is 12.7 Å². The van der Waals surface area contributed by atoms with Crippen molar-refractivity contribution in [3.63, 3.8) is 0 Å². The Morgan fingerprint density at radius 3 is 3.21 bits per heavy atom. The van der Waals surface area contributed by atoms with E-state index < -0.39 is 0 Å². The van der Waals surface area contributed by atoms with Crippen LogP contribution in [-0.2, 0) is 4.79 Å².